The summed E-state index contributed by atoms with van der Waals surface area (Å²) >= 11 is 0. The van der Waals surface area contributed by atoms with E-state index in [0.29, 0.717) is 17.8 Å². The normalized spacial score (nSPS) is 21.1. The summed E-state index contributed by atoms with van der Waals surface area (Å²) in [5.41, 5.74) is 7.43. The van der Waals surface area contributed by atoms with Crippen molar-refractivity contribution >= 4 is 36.6 Å². The molecule has 0 saturated carbocycles. The Morgan fingerprint density at radius 2 is 1.95 bits per heavy atom. The van der Waals surface area contributed by atoms with E-state index in [4.69, 9.17) is 19.5 Å². The number of fused-ring (bicyclic) bond motifs is 1. The fourth-order valence-corrected chi connectivity index (χ4v) is 6.07. The molecule has 3 N–H and O–H groups in total. The fraction of sp³-hybridized carbons (Fsp3) is 0.462. The summed E-state index contributed by atoms with van der Waals surface area (Å²) in [6.45, 7) is 7.02. The van der Waals surface area contributed by atoms with Crippen LogP contribution in [0, 0.1) is 5.92 Å². The Balaban J connectivity index is 1.27. The van der Waals surface area contributed by atoms with E-state index in [-0.39, 0.29) is 30.6 Å². The molecule has 1 aliphatic heterocycles. The maximum atomic E-state index is 13.8. The van der Waals surface area contributed by atoms with E-state index in [1.165, 1.54) is 0 Å². The van der Waals surface area contributed by atoms with E-state index in [2.05, 4.69) is 31.0 Å². The molecule has 2 aliphatic rings. The van der Waals surface area contributed by atoms with Gasteiger partial charge < -0.3 is 24.5 Å². The monoisotopic (exact) mass is 555 g/mol. The first-order valence-corrected chi connectivity index (χ1v) is 14.7. The van der Waals surface area contributed by atoms with Gasteiger partial charge in [-0.1, -0.05) is 30.4 Å². The second-order valence-electron chi connectivity index (χ2n) is 10.1. The largest absolute Gasteiger partial charge is 0.462 e. The van der Waals surface area contributed by atoms with E-state index < -0.39 is 19.8 Å². The molecule has 2 aromatic heterocycles. The van der Waals surface area contributed by atoms with Crippen molar-refractivity contribution in [3.05, 3.63) is 48.8 Å². The van der Waals surface area contributed by atoms with E-state index >= 15 is 0 Å². The Labute approximate surface area is 227 Å². The molecule has 208 valence electrons. The number of rotatable bonds is 11. The van der Waals surface area contributed by atoms with Crippen LogP contribution in [0.3, 0.4) is 0 Å². The third kappa shape index (κ3) is 6.24. The van der Waals surface area contributed by atoms with Crippen molar-refractivity contribution in [3.8, 4) is 5.75 Å². The van der Waals surface area contributed by atoms with Gasteiger partial charge in [-0.2, -0.15) is 15.1 Å². The molecule has 4 atom stereocenters. The number of nitrogens with one attached hydrogen (secondary N) is 1. The maximum absolute atomic E-state index is 13.8. The molecule has 3 heterocycles. The van der Waals surface area contributed by atoms with Gasteiger partial charge in [0.2, 0.25) is 5.95 Å². The molecular formula is C26H34N7O5P. The van der Waals surface area contributed by atoms with Crippen LogP contribution in [0.2, 0.25) is 0 Å². The number of nitrogens with two attached hydrogens (primary N) is 1. The number of hydrogen-bond acceptors (Lipinski definition) is 10. The molecule has 5 rings (SSSR count). The lowest BCUT2D eigenvalue weighted by molar-refractivity contribution is -0.149. The summed E-state index contributed by atoms with van der Waals surface area (Å²) in [6.07, 6.45) is 7.30. The molecule has 0 amide bonds. The predicted molar refractivity (Wildman–Crippen MR) is 147 cm³/mol. The van der Waals surface area contributed by atoms with E-state index in [1.807, 2.05) is 16.7 Å². The van der Waals surface area contributed by atoms with E-state index in [0.717, 1.165) is 30.8 Å². The van der Waals surface area contributed by atoms with Crippen LogP contribution in [0.25, 0.3) is 11.2 Å². The lowest BCUT2D eigenvalue weighted by Gasteiger charge is -2.32. The number of esters is 1. The Bertz CT molecular complexity index is 1390. The number of anilines is 2. The molecule has 3 aromatic rings. The third-order valence-corrected chi connectivity index (χ3v) is 8.21. The van der Waals surface area contributed by atoms with Crippen molar-refractivity contribution in [1.82, 2.24) is 24.6 Å². The summed E-state index contributed by atoms with van der Waals surface area (Å²) in [6, 6.07) is 7.75. The van der Waals surface area contributed by atoms with Gasteiger partial charge in [0.05, 0.1) is 25.1 Å². The number of nitrogen functional groups attached to an aromatic ring is 1. The molecule has 0 radical (unpaired) electrons. The molecule has 0 bridgehead atoms. The Morgan fingerprint density at radius 3 is 2.64 bits per heavy atom. The summed E-state index contributed by atoms with van der Waals surface area (Å²) in [7, 11) is -3.93. The highest BCUT2D eigenvalue weighted by atomic mass is 31.2. The number of imidazole rings is 1. The van der Waals surface area contributed by atoms with Gasteiger partial charge in [0.25, 0.3) is 0 Å². The number of nitrogens with zero attached hydrogens (tertiary/aromatic N) is 5. The molecule has 1 aromatic carbocycles. The second kappa shape index (κ2) is 11.3. The zero-order chi connectivity index (χ0) is 27.6. The van der Waals surface area contributed by atoms with Gasteiger partial charge >= 0.3 is 13.7 Å². The summed E-state index contributed by atoms with van der Waals surface area (Å²) < 4.78 is 32.6. The predicted octanol–water partition coefficient (Wildman–Crippen LogP) is 3.87. The molecule has 13 heteroatoms. The van der Waals surface area contributed by atoms with Gasteiger partial charge in [-0.05, 0) is 45.7 Å². The lowest BCUT2D eigenvalue weighted by Crippen LogP contribution is -2.38. The SMILES string of the molecule is CC(C)OC(=O)[C@H](C)N[P@](=O)(OC[C@@H]1C=C[C@H](n2cnc3c(N4CCC4)nc(N)nc32)C1)Oc1ccccc1. The average Bonchev–Trinajstić information content (AvgIpc) is 3.49. The van der Waals surface area contributed by atoms with Crippen molar-refractivity contribution in [3.63, 3.8) is 0 Å². The standard InChI is InChI=1S/C26H34N7O5P/c1-17(2)37-25(34)18(3)31-39(35,38-21-8-5-4-6-9-21)36-15-19-10-11-20(14-19)33-16-28-22-23(32-12-7-13-32)29-26(27)30-24(22)33/h4-6,8-11,16-20H,7,12-15H2,1-3H3,(H,31,35)(H2,27,29,30)/t18-,19+,20-,39-/m0/s1. The number of para-hydroxylation sites is 1. The number of hydrogen-bond donors (Lipinski definition) is 2. The first kappa shape index (κ1) is 27.1. The zero-order valence-corrected chi connectivity index (χ0v) is 23.2. The Morgan fingerprint density at radius 1 is 1.18 bits per heavy atom. The number of aromatic nitrogens is 4. The summed E-state index contributed by atoms with van der Waals surface area (Å²) in [5, 5.41) is 2.73. The van der Waals surface area contributed by atoms with Crippen LogP contribution in [-0.4, -0.2) is 57.3 Å². The van der Waals surface area contributed by atoms with Gasteiger partial charge in [0.15, 0.2) is 17.0 Å². The first-order chi connectivity index (χ1) is 18.7. The fourth-order valence-electron chi connectivity index (χ4n) is 4.52. The van der Waals surface area contributed by atoms with Crippen LogP contribution in [0.4, 0.5) is 11.8 Å². The molecule has 0 spiro atoms. The molecule has 0 unspecified atom stereocenters. The highest BCUT2D eigenvalue weighted by Gasteiger charge is 2.34. The van der Waals surface area contributed by atoms with Crippen molar-refractivity contribution in [2.45, 2.75) is 51.8 Å². The molecule has 12 nitrogen and oxygen atoms in total. The van der Waals surface area contributed by atoms with Crippen LogP contribution in [0.1, 0.15) is 39.7 Å². The minimum absolute atomic E-state index is 0.0375. The van der Waals surface area contributed by atoms with Gasteiger partial charge in [0, 0.05) is 19.0 Å². The Hall–Kier alpha value is -3.47. The van der Waals surface area contributed by atoms with E-state index in [9.17, 15) is 9.36 Å². The van der Waals surface area contributed by atoms with Crippen molar-refractivity contribution in [1.29, 1.82) is 0 Å². The number of benzene rings is 1. The minimum atomic E-state index is -3.93. The van der Waals surface area contributed by atoms with Crippen molar-refractivity contribution in [2.75, 3.05) is 30.3 Å². The number of carbonyl (C=O) groups is 1. The highest BCUT2D eigenvalue weighted by molar-refractivity contribution is 7.52. The smallest absolute Gasteiger partial charge is 0.459 e. The summed E-state index contributed by atoms with van der Waals surface area (Å²) in [4.78, 5) is 28.0. The van der Waals surface area contributed by atoms with Crippen LogP contribution < -0.4 is 20.2 Å². The minimum Gasteiger partial charge on any atom is -0.462 e. The third-order valence-electron chi connectivity index (χ3n) is 6.57. The number of carbonyl (C=O) groups excluding carboxylic acids is 1. The molecule has 1 saturated heterocycles. The molecular weight excluding hydrogens is 521 g/mol. The van der Waals surface area contributed by atoms with Crippen LogP contribution >= 0.6 is 7.75 Å². The van der Waals surface area contributed by atoms with Gasteiger partial charge in [-0.25, -0.2) is 9.55 Å². The zero-order valence-electron chi connectivity index (χ0n) is 22.3. The summed E-state index contributed by atoms with van der Waals surface area (Å²) in [5.74, 6) is 0.728. The van der Waals surface area contributed by atoms with Crippen LogP contribution in [0.5, 0.6) is 5.75 Å². The molecule has 1 fully saturated rings. The lowest BCUT2D eigenvalue weighted by atomic mass is 10.1. The number of allylic oxidation sites excluding steroid dienone is 1. The van der Waals surface area contributed by atoms with Crippen molar-refractivity contribution in [2.24, 2.45) is 5.92 Å². The van der Waals surface area contributed by atoms with E-state index in [1.54, 1.807) is 51.4 Å². The molecule has 39 heavy (non-hydrogen) atoms. The van der Waals surface area contributed by atoms with Crippen LogP contribution in [0.15, 0.2) is 48.8 Å². The average molecular weight is 556 g/mol. The second-order valence-corrected chi connectivity index (χ2v) is 11.7. The van der Waals surface area contributed by atoms with Gasteiger partial charge in [-0.15, -0.1) is 0 Å². The first-order valence-electron chi connectivity index (χ1n) is 13.1. The Kier molecular flexibility index (Phi) is 7.88. The van der Waals surface area contributed by atoms with Gasteiger partial charge in [-0.3, -0.25) is 9.32 Å². The van der Waals surface area contributed by atoms with Crippen LogP contribution in [-0.2, 0) is 18.6 Å². The van der Waals surface area contributed by atoms with Gasteiger partial charge in [0.1, 0.15) is 11.8 Å². The topological polar surface area (TPSA) is 147 Å². The number of ether oxygens (including phenoxy) is 1. The molecule has 1 aliphatic carbocycles. The maximum Gasteiger partial charge on any atom is 0.459 e. The highest BCUT2D eigenvalue weighted by Crippen LogP contribution is 2.46. The quantitative estimate of drug-likeness (QED) is 0.202. The van der Waals surface area contributed by atoms with Crippen molar-refractivity contribution < 1.29 is 23.1 Å².